The van der Waals surface area contributed by atoms with Gasteiger partial charge >= 0.3 is 6.03 Å². The maximum Gasteiger partial charge on any atom is 0.319 e. The minimum atomic E-state index is 0.0200. The fraction of sp³-hybridized carbons (Fsp3) is 0.688. The quantitative estimate of drug-likeness (QED) is 0.918. The van der Waals surface area contributed by atoms with E-state index >= 15 is 0 Å². The SMILES string of the molecule is Cc1ncc(CNC(=O)C2CCN(C(=O)N3CCCC3)CC2)s1. The van der Waals surface area contributed by atoms with Gasteiger partial charge < -0.3 is 15.1 Å². The van der Waals surface area contributed by atoms with Gasteiger partial charge in [0.25, 0.3) is 0 Å². The topological polar surface area (TPSA) is 65.5 Å². The lowest BCUT2D eigenvalue weighted by Crippen LogP contribution is -2.47. The normalized spacial score (nSPS) is 19.2. The Kier molecular flexibility index (Phi) is 5.15. The first kappa shape index (κ1) is 16.2. The number of aryl methyl sites for hydroxylation is 1. The van der Waals surface area contributed by atoms with E-state index in [1.165, 1.54) is 0 Å². The van der Waals surface area contributed by atoms with Crippen molar-refractivity contribution >= 4 is 23.3 Å². The van der Waals surface area contributed by atoms with Gasteiger partial charge in [-0.15, -0.1) is 11.3 Å². The van der Waals surface area contributed by atoms with Crippen molar-refractivity contribution in [2.45, 2.75) is 39.2 Å². The number of aromatic nitrogens is 1. The van der Waals surface area contributed by atoms with E-state index in [9.17, 15) is 9.59 Å². The summed E-state index contributed by atoms with van der Waals surface area (Å²) in [4.78, 5) is 33.7. The van der Waals surface area contributed by atoms with Crippen LogP contribution in [0.4, 0.5) is 4.79 Å². The third-order valence-electron chi connectivity index (χ3n) is 4.62. The molecule has 0 atom stereocenters. The largest absolute Gasteiger partial charge is 0.351 e. The van der Waals surface area contributed by atoms with Crippen LogP contribution in [-0.4, -0.2) is 52.9 Å². The van der Waals surface area contributed by atoms with Gasteiger partial charge in [-0.1, -0.05) is 0 Å². The van der Waals surface area contributed by atoms with Crippen LogP contribution >= 0.6 is 11.3 Å². The van der Waals surface area contributed by atoms with Gasteiger partial charge in [0.15, 0.2) is 0 Å². The molecule has 0 unspecified atom stereocenters. The Balaban J connectivity index is 1.42. The molecule has 0 spiro atoms. The molecular formula is C16H24N4O2S. The molecule has 126 valence electrons. The predicted molar refractivity (Wildman–Crippen MR) is 89.2 cm³/mol. The molecule has 7 heteroatoms. The molecule has 3 rings (SSSR count). The molecule has 2 saturated heterocycles. The first-order valence-corrected chi connectivity index (χ1v) is 9.18. The number of urea groups is 1. The van der Waals surface area contributed by atoms with E-state index in [1.54, 1.807) is 11.3 Å². The van der Waals surface area contributed by atoms with Crippen LogP contribution in [0.1, 0.15) is 35.6 Å². The Hall–Kier alpha value is -1.63. The Morgan fingerprint density at radius 3 is 2.48 bits per heavy atom. The molecule has 3 heterocycles. The minimum absolute atomic E-state index is 0.0200. The van der Waals surface area contributed by atoms with E-state index in [1.807, 2.05) is 22.9 Å². The summed E-state index contributed by atoms with van der Waals surface area (Å²) < 4.78 is 0. The van der Waals surface area contributed by atoms with Crippen molar-refractivity contribution in [3.63, 3.8) is 0 Å². The van der Waals surface area contributed by atoms with E-state index in [2.05, 4.69) is 10.3 Å². The van der Waals surface area contributed by atoms with E-state index < -0.39 is 0 Å². The summed E-state index contributed by atoms with van der Waals surface area (Å²) in [5.41, 5.74) is 0. The molecule has 6 nitrogen and oxygen atoms in total. The lowest BCUT2D eigenvalue weighted by molar-refractivity contribution is -0.126. The highest BCUT2D eigenvalue weighted by Crippen LogP contribution is 2.20. The molecule has 3 amide bonds. The first-order chi connectivity index (χ1) is 11.1. The lowest BCUT2D eigenvalue weighted by Gasteiger charge is -2.34. The van der Waals surface area contributed by atoms with E-state index in [0.717, 1.165) is 48.7 Å². The molecule has 0 aromatic carbocycles. The third-order valence-corrected chi connectivity index (χ3v) is 5.53. The van der Waals surface area contributed by atoms with Crippen molar-refractivity contribution < 1.29 is 9.59 Å². The number of carbonyl (C=O) groups is 2. The number of rotatable bonds is 3. The molecule has 23 heavy (non-hydrogen) atoms. The monoisotopic (exact) mass is 336 g/mol. The van der Waals surface area contributed by atoms with Crippen LogP contribution in [-0.2, 0) is 11.3 Å². The maximum absolute atomic E-state index is 12.3. The standard InChI is InChI=1S/C16H24N4O2S/c1-12-17-10-14(23-12)11-18-15(21)13-4-8-20(9-5-13)16(22)19-6-2-3-7-19/h10,13H,2-9,11H2,1H3,(H,18,21). The Morgan fingerprint density at radius 1 is 1.22 bits per heavy atom. The van der Waals surface area contributed by atoms with Crippen molar-refractivity contribution in [2.24, 2.45) is 5.92 Å². The second-order valence-electron chi connectivity index (χ2n) is 6.30. The molecular weight excluding hydrogens is 312 g/mol. The number of nitrogens with zero attached hydrogens (tertiary/aromatic N) is 3. The van der Waals surface area contributed by atoms with Crippen LogP contribution in [0.2, 0.25) is 0 Å². The van der Waals surface area contributed by atoms with E-state index in [-0.39, 0.29) is 17.9 Å². The zero-order valence-corrected chi connectivity index (χ0v) is 14.4. The fourth-order valence-electron chi connectivity index (χ4n) is 3.25. The van der Waals surface area contributed by atoms with Crippen LogP contribution in [0, 0.1) is 12.8 Å². The Bertz CT molecular complexity index is 560. The van der Waals surface area contributed by atoms with Crippen molar-refractivity contribution in [1.29, 1.82) is 0 Å². The summed E-state index contributed by atoms with van der Waals surface area (Å²) in [7, 11) is 0. The summed E-state index contributed by atoms with van der Waals surface area (Å²) in [6, 6.07) is 0.154. The molecule has 0 saturated carbocycles. The number of piperidine rings is 1. The molecule has 2 fully saturated rings. The number of nitrogens with one attached hydrogen (secondary N) is 1. The van der Waals surface area contributed by atoms with Gasteiger partial charge in [0.2, 0.25) is 5.91 Å². The van der Waals surface area contributed by atoms with Crippen molar-refractivity contribution in [3.05, 3.63) is 16.1 Å². The average Bonchev–Trinajstić information content (AvgIpc) is 3.24. The average molecular weight is 336 g/mol. The molecule has 1 aromatic heterocycles. The van der Waals surface area contributed by atoms with Gasteiger partial charge in [0.05, 0.1) is 11.6 Å². The second-order valence-corrected chi connectivity index (χ2v) is 7.62. The smallest absolute Gasteiger partial charge is 0.319 e. The third kappa shape index (κ3) is 4.02. The summed E-state index contributed by atoms with van der Waals surface area (Å²) in [6.07, 6.45) is 5.56. The van der Waals surface area contributed by atoms with Gasteiger partial charge in [-0.05, 0) is 32.6 Å². The molecule has 2 aliphatic rings. The van der Waals surface area contributed by atoms with Crippen LogP contribution in [0.25, 0.3) is 0 Å². The van der Waals surface area contributed by atoms with Crippen LogP contribution < -0.4 is 5.32 Å². The van der Waals surface area contributed by atoms with Gasteiger partial charge in [0.1, 0.15) is 0 Å². The molecule has 0 bridgehead atoms. The van der Waals surface area contributed by atoms with Gasteiger partial charge in [0, 0.05) is 43.2 Å². The number of likely N-dealkylation sites (tertiary alicyclic amines) is 2. The highest BCUT2D eigenvalue weighted by molar-refractivity contribution is 7.11. The van der Waals surface area contributed by atoms with Gasteiger partial charge in [-0.25, -0.2) is 9.78 Å². The Morgan fingerprint density at radius 2 is 1.87 bits per heavy atom. The number of thiazole rings is 1. The summed E-state index contributed by atoms with van der Waals surface area (Å²) in [6.45, 7) is 5.65. The number of amides is 3. The van der Waals surface area contributed by atoms with Crippen molar-refractivity contribution in [3.8, 4) is 0 Å². The molecule has 1 N–H and O–H groups in total. The zero-order chi connectivity index (χ0) is 16.2. The summed E-state index contributed by atoms with van der Waals surface area (Å²) in [5, 5.41) is 4.02. The highest BCUT2D eigenvalue weighted by Gasteiger charge is 2.30. The summed E-state index contributed by atoms with van der Waals surface area (Å²) >= 11 is 1.61. The highest BCUT2D eigenvalue weighted by atomic mass is 32.1. The van der Waals surface area contributed by atoms with Crippen LogP contribution in [0.15, 0.2) is 6.20 Å². The number of carbonyl (C=O) groups excluding carboxylic acids is 2. The van der Waals surface area contributed by atoms with Crippen LogP contribution in [0.3, 0.4) is 0 Å². The van der Waals surface area contributed by atoms with Crippen LogP contribution in [0.5, 0.6) is 0 Å². The zero-order valence-electron chi connectivity index (χ0n) is 13.6. The summed E-state index contributed by atoms with van der Waals surface area (Å²) in [5.74, 6) is 0.121. The van der Waals surface area contributed by atoms with Gasteiger partial charge in [-0.3, -0.25) is 4.79 Å². The number of hydrogen-bond donors (Lipinski definition) is 1. The molecule has 2 aliphatic heterocycles. The lowest BCUT2D eigenvalue weighted by atomic mass is 9.96. The number of hydrogen-bond acceptors (Lipinski definition) is 4. The van der Waals surface area contributed by atoms with Crippen molar-refractivity contribution in [1.82, 2.24) is 20.1 Å². The fourth-order valence-corrected chi connectivity index (χ4v) is 3.98. The second kappa shape index (κ2) is 7.29. The maximum atomic E-state index is 12.3. The first-order valence-electron chi connectivity index (χ1n) is 8.36. The predicted octanol–water partition coefficient (Wildman–Crippen LogP) is 2.00. The minimum Gasteiger partial charge on any atom is -0.351 e. The van der Waals surface area contributed by atoms with E-state index in [4.69, 9.17) is 0 Å². The van der Waals surface area contributed by atoms with Crippen molar-refractivity contribution in [2.75, 3.05) is 26.2 Å². The van der Waals surface area contributed by atoms with Gasteiger partial charge in [-0.2, -0.15) is 0 Å². The molecule has 0 radical (unpaired) electrons. The molecule has 1 aromatic rings. The Labute approximate surface area is 140 Å². The van der Waals surface area contributed by atoms with E-state index in [0.29, 0.717) is 19.6 Å². The molecule has 0 aliphatic carbocycles.